The average molecular weight is 283 g/mol. The van der Waals surface area contributed by atoms with Gasteiger partial charge in [-0.2, -0.15) is 0 Å². The van der Waals surface area contributed by atoms with E-state index in [2.05, 4.69) is 36.1 Å². The molecule has 112 valence electrons. The second-order valence-electron chi connectivity index (χ2n) is 6.14. The van der Waals surface area contributed by atoms with Gasteiger partial charge in [0, 0.05) is 18.2 Å². The molecule has 0 unspecified atom stereocenters. The first-order valence-electron chi connectivity index (χ1n) is 8.23. The molecule has 2 aromatic carbocycles. The standard InChI is InChI=1S/C19H25NO/c1-2-20(16-9-4-3-5-10-16)14-18-17-11-7-6-8-15(17)12-13-19(18)21/h6-8,11-13,16,21H,2-5,9-10,14H2,1H3. The Labute approximate surface area is 127 Å². The van der Waals surface area contributed by atoms with Crippen LogP contribution in [0.2, 0.25) is 0 Å². The van der Waals surface area contributed by atoms with E-state index < -0.39 is 0 Å². The van der Waals surface area contributed by atoms with Gasteiger partial charge in [0.25, 0.3) is 0 Å². The van der Waals surface area contributed by atoms with E-state index in [1.165, 1.54) is 42.9 Å². The molecule has 1 N–H and O–H groups in total. The van der Waals surface area contributed by atoms with Gasteiger partial charge in [-0.15, -0.1) is 0 Å². The fourth-order valence-electron chi connectivity index (χ4n) is 3.64. The van der Waals surface area contributed by atoms with Gasteiger partial charge in [-0.25, -0.2) is 0 Å². The van der Waals surface area contributed by atoms with Crippen molar-refractivity contribution in [1.29, 1.82) is 0 Å². The Hall–Kier alpha value is -1.54. The third-order valence-electron chi connectivity index (χ3n) is 4.87. The Morgan fingerprint density at radius 1 is 1.05 bits per heavy atom. The average Bonchev–Trinajstić information content (AvgIpc) is 2.55. The number of nitrogens with zero attached hydrogens (tertiary/aromatic N) is 1. The van der Waals surface area contributed by atoms with Crippen LogP contribution in [0.4, 0.5) is 0 Å². The Morgan fingerprint density at radius 2 is 1.81 bits per heavy atom. The predicted molar refractivity (Wildman–Crippen MR) is 88.6 cm³/mol. The summed E-state index contributed by atoms with van der Waals surface area (Å²) in [5.41, 5.74) is 1.08. The number of hydrogen-bond donors (Lipinski definition) is 1. The first-order chi connectivity index (χ1) is 10.3. The molecule has 1 aliphatic carbocycles. The molecule has 2 aromatic rings. The van der Waals surface area contributed by atoms with Crippen molar-refractivity contribution < 1.29 is 5.11 Å². The summed E-state index contributed by atoms with van der Waals surface area (Å²) in [6.45, 7) is 4.14. The molecular weight excluding hydrogens is 258 g/mol. The number of rotatable bonds is 4. The van der Waals surface area contributed by atoms with Crippen LogP contribution in [0.1, 0.15) is 44.6 Å². The highest BCUT2D eigenvalue weighted by molar-refractivity contribution is 5.87. The van der Waals surface area contributed by atoms with E-state index in [1.54, 1.807) is 0 Å². The van der Waals surface area contributed by atoms with Gasteiger partial charge in [0.1, 0.15) is 5.75 Å². The number of phenolic OH excluding ortho intramolecular Hbond substituents is 1. The summed E-state index contributed by atoms with van der Waals surface area (Å²) in [4.78, 5) is 2.54. The van der Waals surface area contributed by atoms with Crippen molar-refractivity contribution in [3.05, 3.63) is 42.0 Å². The lowest BCUT2D eigenvalue weighted by atomic mass is 9.93. The van der Waals surface area contributed by atoms with E-state index >= 15 is 0 Å². The summed E-state index contributed by atoms with van der Waals surface area (Å²) in [6, 6.07) is 12.9. The van der Waals surface area contributed by atoms with Crippen LogP contribution in [0.25, 0.3) is 10.8 Å². The van der Waals surface area contributed by atoms with Gasteiger partial charge in [-0.1, -0.05) is 56.5 Å². The maximum atomic E-state index is 10.3. The van der Waals surface area contributed by atoms with E-state index in [-0.39, 0.29) is 0 Å². The molecule has 0 bridgehead atoms. The highest BCUT2D eigenvalue weighted by Gasteiger charge is 2.21. The topological polar surface area (TPSA) is 23.5 Å². The molecule has 0 saturated heterocycles. The van der Waals surface area contributed by atoms with Crippen molar-refractivity contribution in [1.82, 2.24) is 4.90 Å². The maximum absolute atomic E-state index is 10.3. The van der Waals surface area contributed by atoms with Crippen LogP contribution in [0.5, 0.6) is 5.75 Å². The first-order valence-corrected chi connectivity index (χ1v) is 8.23. The third-order valence-corrected chi connectivity index (χ3v) is 4.87. The van der Waals surface area contributed by atoms with Crippen molar-refractivity contribution in [2.45, 2.75) is 51.6 Å². The van der Waals surface area contributed by atoms with Gasteiger partial charge >= 0.3 is 0 Å². The molecule has 1 fully saturated rings. The van der Waals surface area contributed by atoms with Crippen molar-refractivity contribution in [3.8, 4) is 5.75 Å². The van der Waals surface area contributed by atoms with Crippen molar-refractivity contribution in [2.24, 2.45) is 0 Å². The molecule has 0 amide bonds. The molecule has 2 heteroatoms. The summed E-state index contributed by atoms with van der Waals surface area (Å²) >= 11 is 0. The summed E-state index contributed by atoms with van der Waals surface area (Å²) in [6.07, 6.45) is 6.69. The van der Waals surface area contributed by atoms with E-state index in [0.29, 0.717) is 11.8 Å². The molecule has 3 rings (SSSR count). The van der Waals surface area contributed by atoms with Gasteiger partial charge in [0.2, 0.25) is 0 Å². The summed E-state index contributed by atoms with van der Waals surface area (Å²) < 4.78 is 0. The second kappa shape index (κ2) is 6.48. The highest BCUT2D eigenvalue weighted by atomic mass is 16.3. The zero-order chi connectivity index (χ0) is 14.7. The smallest absolute Gasteiger partial charge is 0.120 e. The van der Waals surface area contributed by atoms with Crippen LogP contribution in [0.15, 0.2) is 36.4 Å². The van der Waals surface area contributed by atoms with Gasteiger partial charge in [-0.3, -0.25) is 4.90 Å². The minimum absolute atomic E-state index is 0.433. The highest BCUT2D eigenvalue weighted by Crippen LogP contribution is 2.31. The van der Waals surface area contributed by atoms with Gasteiger partial charge in [0.15, 0.2) is 0 Å². The normalized spacial score (nSPS) is 16.7. The Bertz CT molecular complexity index is 602. The van der Waals surface area contributed by atoms with Crippen molar-refractivity contribution in [3.63, 3.8) is 0 Å². The monoisotopic (exact) mass is 283 g/mol. The summed E-state index contributed by atoms with van der Waals surface area (Å²) in [5.74, 6) is 0.433. The molecule has 0 aromatic heterocycles. The minimum atomic E-state index is 0.433. The van der Waals surface area contributed by atoms with Crippen LogP contribution in [0.3, 0.4) is 0 Å². The lowest BCUT2D eigenvalue weighted by molar-refractivity contribution is 0.155. The van der Waals surface area contributed by atoms with Crippen LogP contribution in [-0.2, 0) is 6.54 Å². The zero-order valence-electron chi connectivity index (χ0n) is 12.9. The quantitative estimate of drug-likeness (QED) is 0.879. The van der Waals surface area contributed by atoms with Gasteiger partial charge in [0.05, 0.1) is 0 Å². The second-order valence-corrected chi connectivity index (χ2v) is 6.14. The lowest BCUT2D eigenvalue weighted by Gasteiger charge is -2.34. The van der Waals surface area contributed by atoms with Gasteiger partial charge < -0.3 is 5.11 Å². The molecule has 1 saturated carbocycles. The van der Waals surface area contributed by atoms with Crippen molar-refractivity contribution in [2.75, 3.05) is 6.54 Å². The molecule has 1 aliphatic rings. The molecule has 0 spiro atoms. The van der Waals surface area contributed by atoms with E-state index in [1.807, 2.05) is 12.1 Å². The first kappa shape index (κ1) is 14.4. The SMILES string of the molecule is CCN(Cc1c(O)ccc2ccccc12)C1CCCCC1. The van der Waals surface area contributed by atoms with Crippen LogP contribution < -0.4 is 0 Å². The molecule has 2 nitrogen and oxygen atoms in total. The lowest BCUT2D eigenvalue weighted by Crippen LogP contribution is -2.36. The number of aromatic hydroxyl groups is 1. The zero-order valence-corrected chi connectivity index (χ0v) is 12.9. The molecule has 0 heterocycles. The fourth-order valence-corrected chi connectivity index (χ4v) is 3.64. The van der Waals surface area contributed by atoms with E-state index in [0.717, 1.165) is 18.7 Å². The molecule has 0 aliphatic heterocycles. The number of fused-ring (bicyclic) bond motifs is 1. The summed E-state index contributed by atoms with van der Waals surface area (Å²) in [7, 11) is 0. The third kappa shape index (κ3) is 3.06. The summed E-state index contributed by atoms with van der Waals surface area (Å²) in [5, 5.41) is 12.7. The molecular formula is C19H25NO. The minimum Gasteiger partial charge on any atom is -0.508 e. The van der Waals surface area contributed by atoms with Crippen molar-refractivity contribution >= 4 is 10.8 Å². The van der Waals surface area contributed by atoms with Crippen LogP contribution >= 0.6 is 0 Å². The number of benzene rings is 2. The molecule has 0 atom stereocenters. The maximum Gasteiger partial charge on any atom is 0.120 e. The van der Waals surface area contributed by atoms with E-state index in [4.69, 9.17) is 0 Å². The van der Waals surface area contributed by atoms with Crippen LogP contribution in [-0.4, -0.2) is 22.6 Å². The molecule has 21 heavy (non-hydrogen) atoms. The number of hydrogen-bond acceptors (Lipinski definition) is 2. The van der Waals surface area contributed by atoms with E-state index in [9.17, 15) is 5.11 Å². The predicted octanol–water partition coefficient (Wildman–Crippen LogP) is 4.70. The van der Waals surface area contributed by atoms with Crippen LogP contribution in [0, 0.1) is 0 Å². The Morgan fingerprint density at radius 3 is 2.57 bits per heavy atom. The Kier molecular flexibility index (Phi) is 4.45. The number of phenols is 1. The van der Waals surface area contributed by atoms with Gasteiger partial charge in [-0.05, 0) is 36.2 Å². The fraction of sp³-hybridized carbons (Fsp3) is 0.474. The molecule has 0 radical (unpaired) electrons. The largest absolute Gasteiger partial charge is 0.508 e. The Balaban J connectivity index is 1.90.